The maximum Gasteiger partial charge on any atom is -0.0360 e. The van der Waals surface area contributed by atoms with Crippen LogP contribution in [0.5, 0.6) is 0 Å². The quantitative estimate of drug-likeness (QED) is 0.532. The van der Waals surface area contributed by atoms with E-state index in [-0.39, 0.29) is 0 Å². The number of rotatable bonds is 7. The third-order valence-corrected chi connectivity index (χ3v) is 3.62. The van der Waals surface area contributed by atoms with Gasteiger partial charge in [0.25, 0.3) is 0 Å². The molecular formula is C14H30. The van der Waals surface area contributed by atoms with Gasteiger partial charge in [0, 0.05) is 0 Å². The van der Waals surface area contributed by atoms with E-state index in [1.54, 1.807) is 0 Å². The van der Waals surface area contributed by atoms with Crippen molar-refractivity contribution < 1.29 is 0 Å². The van der Waals surface area contributed by atoms with Crippen molar-refractivity contribution in [3.8, 4) is 0 Å². The van der Waals surface area contributed by atoms with Gasteiger partial charge >= 0.3 is 0 Å². The minimum absolute atomic E-state index is 0.851. The third kappa shape index (κ3) is 4.48. The van der Waals surface area contributed by atoms with Crippen LogP contribution in [0.4, 0.5) is 0 Å². The molecule has 0 rings (SSSR count). The van der Waals surface area contributed by atoms with Crippen molar-refractivity contribution in [3.63, 3.8) is 0 Å². The van der Waals surface area contributed by atoms with E-state index in [1.165, 1.54) is 25.7 Å². The first-order valence-corrected chi connectivity index (χ1v) is 6.54. The predicted molar refractivity (Wildman–Crippen MR) is 66.5 cm³/mol. The molecule has 14 heavy (non-hydrogen) atoms. The van der Waals surface area contributed by atoms with Crippen molar-refractivity contribution in [2.24, 2.45) is 23.7 Å². The summed E-state index contributed by atoms with van der Waals surface area (Å²) in [6.07, 6.45) is 5.54. The number of hydrogen-bond acceptors (Lipinski definition) is 0. The molecule has 0 aromatic rings. The molecule has 0 heteroatoms. The molecule has 0 N–H and O–H groups in total. The topological polar surface area (TPSA) is 0 Å². The Morgan fingerprint density at radius 2 is 1.29 bits per heavy atom. The maximum atomic E-state index is 2.39. The van der Waals surface area contributed by atoms with Gasteiger partial charge < -0.3 is 0 Å². The summed E-state index contributed by atoms with van der Waals surface area (Å²) >= 11 is 0. The van der Waals surface area contributed by atoms with Crippen molar-refractivity contribution in [2.45, 2.75) is 67.2 Å². The second-order valence-corrected chi connectivity index (χ2v) is 5.37. The minimum atomic E-state index is 0.851. The van der Waals surface area contributed by atoms with Crippen molar-refractivity contribution in [2.75, 3.05) is 0 Å². The van der Waals surface area contributed by atoms with Gasteiger partial charge in [0.2, 0.25) is 0 Å². The lowest BCUT2D eigenvalue weighted by Crippen LogP contribution is -2.24. The van der Waals surface area contributed by atoms with Gasteiger partial charge in [-0.05, 0) is 30.1 Å². The first kappa shape index (κ1) is 14.0. The summed E-state index contributed by atoms with van der Waals surface area (Å²) in [5.41, 5.74) is 0. The first-order valence-electron chi connectivity index (χ1n) is 6.54. The highest BCUT2D eigenvalue weighted by molar-refractivity contribution is 4.74. The van der Waals surface area contributed by atoms with E-state index in [0.717, 1.165) is 23.7 Å². The molecule has 0 bridgehead atoms. The normalized spacial score (nSPS) is 16.3. The van der Waals surface area contributed by atoms with Crippen LogP contribution in [-0.2, 0) is 0 Å². The molecule has 0 fully saturated rings. The van der Waals surface area contributed by atoms with Gasteiger partial charge in [0.05, 0.1) is 0 Å². The highest BCUT2D eigenvalue weighted by Crippen LogP contribution is 2.33. The lowest BCUT2D eigenvalue weighted by molar-refractivity contribution is 0.175. The van der Waals surface area contributed by atoms with Crippen molar-refractivity contribution >= 4 is 0 Å². The zero-order chi connectivity index (χ0) is 11.1. The summed E-state index contributed by atoms with van der Waals surface area (Å²) in [6, 6.07) is 0. The fourth-order valence-electron chi connectivity index (χ4n) is 2.75. The molecule has 2 atom stereocenters. The monoisotopic (exact) mass is 198 g/mol. The van der Waals surface area contributed by atoms with Crippen LogP contribution in [0.2, 0.25) is 0 Å². The molecule has 0 nitrogen and oxygen atoms in total. The lowest BCUT2D eigenvalue weighted by Gasteiger charge is -2.32. The van der Waals surface area contributed by atoms with Crippen LogP contribution in [-0.4, -0.2) is 0 Å². The van der Waals surface area contributed by atoms with E-state index >= 15 is 0 Å². The van der Waals surface area contributed by atoms with Crippen LogP contribution in [0.3, 0.4) is 0 Å². The SMILES string of the molecule is CCCCC(C(C)C)C(CC)C(C)C. The first-order chi connectivity index (χ1) is 6.54. The standard InChI is InChI=1S/C14H30/c1-7-9-10-14(12(5)6)13(8-2)11(3)4/h11-14H,7-10H2,1-6H3. The van der Waals surface area contributed by atoms with Crippen LogP contribution in [0.15, 0.2) is 0 Å². The van der Waals surface area contributed by atoms with Gasteiger partial charge in [-0.3, -0.25) is 0 Å². The molecule has 0 aromatic carbocycles. The van der Waals surface area contributed by atoms with Crippen LogP contribution < -0.4 is 0 Å². The van der Waals surface area contributed by atoms with Crippen LogP contribution in [0.1, 0.15) is 67.2 Å². The van der Waals surface area contributed by atoms with E-state index in [1.807, 2.05) is 0 Å². The third-order valence-electron chi connectivity index (χ3n) is 3.62. The minimum Gasteiger partial charge on any atom is -0.0654 e. The molecule has 0 aromatic heterocycles. The van der Waals surface area contributed by atoms with Gasteiger partial charge in [0.1, 0.15) is 0 Å². The maximum absolute atomic E-state index is 2.39. The Morgan fingerprint density at radius 1 is 0.786 bits per heavy atom. The van der Waals surface area contributed by atoms with Crippen LogP contribution >= 0.6 is 0 Å². The molecular weight excluding hydrogens is 168 g/mol. The number of unbranched alkanes of at least 4 members (excludes halogenated alkanes) is 1. The lowest BCUT2D eigenvalue weighted by atomic mass is 9.73. The van der Waals surface area contributed by atoms with E-state index < -0.39 is 0 Å². The zero-order valence-corrected chi connectivity index (χ0v) is 11.1. The molecule has 0 amide bonds. The molecule has 0 aliphatic rings. The average molecular weight is 198 g/mol. The van der Waals surface area contributed by atoms with Gasteiger partial charge in [-0.2, -0.15) is 0 Å². The Morgan fingerprint density at radius 3 is 1.57 bits per heavy atom. The Labute approximate surface area is 91.5 Å². The van der Waals surface area contributed by atoms with E-state index in [4.69, 9.17) is 0 Å². The summed E-state index contributed by atoms with van der Waals surface area (Å²) in [5, 5.41) is 0. The molecule has 0 aliphatic heterocycles. The Kier molecular flexibility index (Phi) is 7.31. The Bertz CT molecular complexity index is 124. The number of hydrogen-bond donors (Lipinski definition) is 0. The summed E-state index contributed by atoms with van der Waals surface area (Å²) in [5.74, 6) is 3.58. The molecule has 0 aliphatic carbocycles. The summed E-state index contributed by atoms with van der Waals surface area (Å²) in [4.78, 5) is 0. The smallest absolute Gasteiger partial charge is 0.0360 e. The van der Waals surface area contributed by atoms with Gasteiger partial charge in [-0.1, -0.05) is 60.8 Å². The van der Waals surface area contributed by atoms with Crippen LogP contribution in [0, 0.1) is 23.7 Å². The molecule has 0 saturated carbocycles. The molecule has 0 saturated heterocycles. The Balaban J connectivity index is 4.28. The largest absolute Gasteiger partial charge is 0.0654 e. The second kappa shape index (κ2) is 7.31. The second-order valence-electron chi connectivity index (χ2n) is 5.37. The fourth-order valence-corrected chi connectivity index (χ4v) is 2.75. The predicted octanol–water partition coefficient (Wildman–Crippen LogP) is 5.13. The van der Waals surface area contributed by atoms with E-state index in [2.05, 4.69) is 41.5 Å². The van der Waals surface area contributed by atoms with Gasteiger partial charge in [-0.15, -0.1) is 0 Å². The van der Waals surface area contributed by atoms with E-state index in [0.29, 0.717) is 0 Å². The van der Waals surface area contributed by atoms with Crippen LogP contribution in [0.25, 0.3) is 0 Å². The summed E-state index contributed by atoms with van der Waals surface area (Å²) in [6.45, 7) is 14.2. The molecule has 2 unspecified atom stereocenters. The average Bonchev–Trinajstić information content (AvgIpc) is 2.10. The molecule has 0 heterocycles. The summed E-state index contributed by atoms with van der Waals surface area (Å²) < 4.78 is 0. The zero-order valence-electron chi connectivity index (χ0n) is 11.1. The van der Waals surface area contributed by atoms with E-state index in [9.17, 15) is 0 Å². The van der Waals surface area contributed by atoms with Crippen molar-refractivity contribution in [3.05, 3.63) is 0 Å². The van der Waals surface area contributed by atoms with Gasteiger partial charge in [0.15, 0.2) is 0 Å². The van der Waals surface area contributed by atoms with Crippen molar-refractivity contribution in [1.29, 1.82) is 0 Å². The van der Waals surface area contributed by atoms with Gasteiger partial charge in [-0.25, -0.2) is 0 Å². The highest BCUT2D eigenvalue weighted by atomic mass is 14.3. The fraction of sp³-hybridized carbons (Fsp3) is 1.00. The van der Waals surface area contributed by atoms with Crippen molar-refractivity contribution in [1.82, 2.24) is 0 Å². The molecule has 0 radical (unpaired) electrons. The Hall–Kier alpha value is 0. The molecule has 0 spiro atoms. The highest BCUT2D eigenvalue weighted by Gasteiger charge is 2.24. The summed E-state index contributed by atoms with van der Waals surface area (Å²) in [7, 11) is 0. The molecule has 86 valence electrons.